The van der Waals surface area contributed by atoms with Crippen LogP contribution in [0.15, 0.2) is 6.20 Å². The Kier molecular flexibility index (Phi) is 2.66. The molecule has 0 aliphatic carbocycles. The molecule has 0 aliphatic heterocycles. The zero-order chi connectivity index (χ0) is 10.2. The van der Waals surface area contributed by atoms with Crippen molar-refractivity contribution < 1.29 is 0 Å². The lowest BCUT2D eigenvalue weighted by molar-refractivity contribution is 0.564. The number of imidazole rings is 1. The van der Waals surface area contributed by atoms with Crippen molar-refractivity contribution in [2.45, 2.75) is 46.1 Å². The zero-order valence-electron chi connectivity index (χ0n) is 9.01. The highest BCUT2D eigenvalue weighted by Crippen LogP contribution is 2.21. The SMILES string of the molecule is CC(C)n1cc(C(C)(C)C)[nH]c1=S. The van der Waals surface area contributed by atoms with E-state index in [4.69, 9.17) is 12.2 Å². The first-order valence-corrected chi connectivity index (χ1v) is 5.05. The van der Waals surface area contributed by atoms with Gasteiger partial charge in [-0.15, -0.1) is 0 Å². The second-order valence-corrected chi connectivity index (χ2v) is 5.11. The van der Waals surface area contributed by atoms with E-state index in [0.29, 0.717) is 6.04 Å². The maximum absolute atomic E-state index is 5.23. The molecule has 0 saturated heterocycles. The molecule has 0 aliphatic rings. The monoisotopic (exact) mass is 198 g/mol. The first kappa shape index (κ1) is 10.5. The van der Waals surface area contributed by atoms with Gasteiger partial charge in [-0.2, -0.15) is 0 Å². The minimum Gasteiger partial charge on any atom is -0.334 e. The highest BCUT2D eigenvalue weighted by atomic mass is 32.1. The molecule has 74 valence electrons. The molecule has 0 aromatic carbocycles. The molecule has 0 bridgehead atoms. The molecule has 0 spiro atoms. The molecule has 0 fully saturated rings. The summed E-state index contributed by atoms with van der Waals surface area (Å²) < 4.78 is 2.91. The molecule has 1 heterocycles. The Labute approximate surface area is 85.0 Å². The summed E-state index contributed by atoms with van der Waals surface area (Å²) in [6, 6.07) is 0.430. The Morgan fingerprint density at radius 1 is 1.38 bits per heavy atom. The molecule has 0 saturated carbocycles. The lowest BCUT2D eigenvalue weighted by Crippen LogP contribution is -2.11. The van der Waals surface area contributed by atoms with Crippen LogP contribution < -0.4 is 0 Å². The van der Waals surface area contributed by atoms with Gasteiger partial charge >= 0.3 is 0 Å². The fraction of sp³-hybridized carbons (Fsp3) is 0.700. The van der Waals surface area contributed by atoms with Crippen LogP contribution in [0.5, 0.6) is 0 Å². The minimum atomic E-state index is 0.147. The molecule has 0 atom stereocenters. The largest absolute Gasteiger partial charge is 0.334 e. The average Bonchev–Trinajstić information content (AvgIpc) is 2.29. The van der Waals surface area contributed by atoms with Crippen LogP contribution in [0.3, 0.4) is 0 Å². The summed E-state index contributed by atoms with van der Waals surface area (Å²) in [5.41, 5.74) is 1.35. The van der Waals surface area contributed by atoms with Gasteiger partial charge in [0.25, 0.3) is 0 Å². The molecular weight excluding hydrogens is 180 g/mol. The molecule has 0 unspecified atom stereocenters. The number of hydrogen-bond donors (Lipinski definition) is 1. The Balaban J connectivity index is 3.18. The van der Waals surface area contributed by atoms with Gasteiger partial charge in [-0.25, -0.2) is 0 Å². The van der Waals surface area contributed by atoms with Crippen molar-refractivity contribution in [1.29, 1.82) is 0 Å². The van der Waals surface area contributed by atoms with Crippen molar-refractivity contribution in [2.75, 3.05) is 0 Å². The van der Waals surface area contributed by atoms with E-state index in [1.54, 1.807) is 0 Å². The maximum atomic E-state index is 5.23. The molecule has 0 radical (unpaired) electrons. The van der Waals surface area contributed by atoms with Crippen molar-refractivity contribution in [2.24, 2.45) is 0 Å². The molecule has 2 nitrogen and oxygen atoms in total. The van der Waals surface area contributed by atoms with E-state index in [0.717, 1.165) is 4.77 Å². The van der Waals surface area contributed by atoms with Crippen LogP contribution in [0, 0.1) is 4.77 Å². The quantitative estimate of drug-likeness (QED) is 0.686. The number of aromatic amines is 1. The predicted octanol–water partition coefficient (Wildman–Crippen LogP) is 3.42. The van der Waals surface area contributed by atoms with Crippen LogP contribution >= 0.6 is 12.2 Å². The third-order valence-electron chi connectivity index (χ3n) is 2.11. The van der Waals surface area contributed by atoms with E-state index >= 15 is 0 Å². The van der Waals surface area contributed by atoms with Crippen molar-refractivity contribution in [3.8, 4) is 0 Å². The van der Waals surface area contributed by atoms with E-state index < -0.39 is 0 Å². The lowest BCUT2D eigenvalue weighted by Gasteiger charge is -2.15. The summed E-state index contributed by atoms with van der Waals surface area (Å²) in [5, 5.41) is 0. The van der Waals surface area contributed by atoms with E-state index in [1.165, 1.54) is 5.69 Å². The number of aromatic nitrogens is 2. The summed E-state index contributed by atoms with van der Waals surface area (Å²) in [5.74, 6) is 0. The van der Waals surface area contributed by atoms with Crippen molar-refractivity contribution >= 4 is 12.2 Å². The van der Waals surface area contributed by atoms with Crippen LogP contribution in [-0.4, -0.2) is 9.55 Å². The number of nitrogens with one attached hydrogen (secondary N) is 1. The molecular formula is C10H18N2S. The van der Waals surface area contributed by atoms with Crippen LogP contribution in [0.25, 0.3) is 0 Å². The predicted molar refractivity (Wildman–Crippen MR) is 58.7 cm³/mol. The van der Waals surface area contributed by atoms with Crippen LogP contribution in [0.1, 0.15) is 46.4 Å². The van der Waals surface area contributed by atoms with Gasteiger partial charge in [-0.3, -0.25) is 0 Å². The van der Waals surface area contributed by atoms with Gasteiger partial charge in [0, 0.05) is 23.3 Å². The average molecular weight is 198 g/mol. The van der Waals surface area contributed by atoms with Crippen LogP contribution in [0.2, 0.25) is 0 Å². The highest BCUT2D eigenvalue weighted by molar-refractivity contribution is 7.71. The number of hydrogen-bond acceptors (Lipinski definition) is 1. The molecule has 1 aromatic rings. The maximum Gasteiger partial charge on any atom is 0.177 e. The highest BCUT2D eigenvalue weighted by Gasteiger charge is 2.16. The van der Waals surface area contributed by atoms with Crippen molar-refractivity contribution in [1.82, 2.24) is 9.55 Å². The van der Waals surface area contributed by atoms with Crippen molar-refractivity contribution in [3.05, 3.63) is 16.7 Å². The summed E-state index contributed by atoms with van der Waals surface area (Å²) >= 11 is 5.23. The van der Waals surface area contributed by atoms with Gasteiger partial charge in [0.1, 0.15) is 0 Å². The van der Waals surface area contributed by atoms with Gasteiger partial charge in [-0.05, 0) is 26.1 Å². The molecule has 0 amide bonds. The molecule has 13 heavy (non-hydrogen) atoms. The minimum absolute atomic E-state index is 0.147. The summed E-state index contributed by atoms with van der Waals surface area (Å²) in [4.78, 5) is 3.24. The van der Waals surface area contributed by atoms with Crippen LogP contribution in [-0.2, 0) is 5.41 Å². The van der Waals surface area contributed by atoms with Gasteiger partial charge in [-0.1, -0.05) is 20.8 Å². The topological polar surface area (TPSA) is 20.7 Å². The first-order valence-electron chi connectivity index (χ1n) is 4.64. The Morgan fingerprint density at radius 3 is 2.15 bits per heavy atom. The Bertz CT molecular complexity index is 339. The van der Waals surface area contributed by atoms with Gasteiger partial charge in [0.15, 0.2) is 4.77 Å². The summed E-state index contributed by atoms with van der Waals surface area (Å²) in [7, 11) is 0. The van der Waals surface area contributed by atoms with Gasteiger partial charge in [0.2, 0.25) is 0 Å². The smallest absolute Gasteiger partial charge is 0.177 e. The fourth-order valence-electron chi connectivity index (χ4n) is 1.17. The molecule has 1 rings (SSSR count). The number of rotatable bonds is 1. The third-order valence-corrected chi connectivity index (χ3v) is 2.42. The standard InChI is InChI=1S/C10H18N2S/c1-7(2)12-6-8(10(3,4)5)11-9(12)13/h6-7H,1-5H3,(H,11,13). The third kappa shape index (κ3) is 2.21. The van der Waals surface area contributed by atoms with Gasteiger partial charge < -0.3 is 9.55 Å². The zero-order valence-corrected chi connectivity index (χ0v) is 9.83. The van der Waals surface area contributed by atoms with Gasteiger partial charge in [0.05, 0.1) is 0 Å². The molecule has 3 heteroatoms. The summed E-state index contributed by atoms with van der Waals surface area (Å²) in [6.07, 6.45) is 2.12. The first-order chi connectivity index (χ1) is 5.82. The summed E-state index contributed by atoms with van der Waals surface area (Å²) in [6.45, 7) is 10.8. The second-order valence-electron chi connectivity index (χ2n) is 4.72. The molecule has 1 aromatic heterocycles. The Hall–Kier alpha value is -0.570. The lowest BCUT2D eigenvalue weighted by atomic mass is 9.93. The van der Waals surface area contributed by atoms with E-state index in [2.05, 4.69) is 50.4 Å². The normalized spacial score (nSPS) is 12.5. The van der Waals surface area contributed by atoms with Crippen LogP contribution in [0.4, 0.5) is 0 Å². The Morgan fingerprint density at radius 2 is 1.92 bits per heavy atom. The van der Waals surface area contributed by atoms with E-state index in [-0.39, 0.29) is 5.41 Å². The van der Waals surface area contributed by atoms with Crippen molar-refractivity contribution in [3.63, 3.8) is 0 Å². The van der Waals surface area contributed by atoms with E-state index in [9.17, 15) is 0 Å². The van der Waals surface area contributed by atoms with E-state index in [1.807, 2.05) is 0 Å². The second kappa shape index (κ2) is 3.29. The number of nitrogens with zero attached hydrogens (tertiary/aromatic N) is 1. The fourth-order valence-corrected chi connectivity index (χ4v) is 1.55. The molecule has 1 N–H and O–H groups in total. The number of H-pyrrole nitrogens is 1.